The second-order valence-corrected chi connectivity index (χ2v) is 17.9. The van der Waals surface area contributed by atoms with Crippen LogP contribution in [-0.2, 0) is 99.8 Å². The molecule has 0 aliphatic rings. The van der Waals surface area contributed by atoms with E-state index in [1.807, 2.05) is 6.07 Å². The number of hydrogen-bond donors (Lipinski definition) is 7. The summed E-state index contributed by atoms with van der Waals surface area (Å²) in [4.78, 5) is 122. The lowest BCUT2D eigenvalue weighted by Gasteiger charge is -2.27. The summed E-state index contributed by atoms with van der Waals surface area (Å²) in [6.45, 7) is -1.13. The number of benzene rings is 5. The minimum absolute atomic E-state index is 0.00999. The molecule has 5 aromatic carbocycles. The molecule has 0 heterocycles. The molecule has 0 unspecified atom stereocenters. The monoisotopic (exact) mass is 1100 g/mol. The summed E-state index contributed by atoms with van der Waals surface area (Å²) in [7, 11) is 1.11. The SMILES string of the molecule is COC(=O)[C@@H](NC(=O)[C@H](CCC(=O)OCc1ccccc1)NC(=O)[C@H](CC(=O)OCc1ccccc1)NC(=O)CNC(=O)[C@H](COCc1ccccc1)NC(=O)[C@H](CO)NC(=O)OCc1ccccc1)[C@@H](C)OCc1ccccc1. The molecule has 5 aromatic rings. The van der Waals surface area contributed by atoms with E-state index < -0.39 is 129 Å². The standard InChI is InChI=1S/C58H66N6O16/c1-39(77-34-41-20-10-4-11-21-41)52(57(73)75-2)64-54(70)45(28-29-50(67)78-35-42-22-12-5-13-23-42)61-55(71)46(30-51(68)79-36-43-24-14-6-15-25-43)60-49(66)31-59-53(69)48(38-76-33-40-18-8-3-9-19-40)62-56(72)47(32-65)63-58(74)80-37-44-26-16-7-17-27-44/h3-27,39,45-48,52,65H,28-38H2,1-2H3,(H,59,69)(H,60,66)(H,61,71)(H,62,72)(H,63,74)(H,64,70)/t39-,45+,46+,47+,48+,52+/m1/s1. The number of esters is 3. The maximum Gasteiger partial charge on any atom is 0.408 e. The van der Waals surface area contributed by atoms with E-state index in [0.717, 1.165) is 12.7 Å². The molecule has 0 aliphatic carbocycles. The Morgan fingerprint density at radius 2 is 0.925 bits per heavy atom. The fourth-order valence-electron chi connectivity index (χ4n) is 7.39. The number of amides is 6. The van der Waals surface area contributed by atoms with Crippen molar-refractivity contribution < 1.29 is 76.7 Å². The predicted molar refractivity (Wildman–Crippen MR) is 287 cm³/mol. The number of aliphatic hydroxyl groups excluding tert-OH is 1. The van der Waals surface area contributed by atoms with E-state index in [1.54, 1.807) is 146 Å². The molecule has 0 aromatic heterocycles. The van der Waals surface area contributed by atoms with Crippen molar-refractivity contribution in [1.29, 1.82) is 0 Å². The van der Waals surface area contributed by atoms with Crippen LogP contribution in [-0.4, -0.2) is 122 Å². The molecule has 6 amide bonds. The summed E-state index contributed by atoms with van der Waals surface area (Å²) >= 11 is 0. The number of aliphatic hydroxyl groups is 1. The van der Waals surface area contributed by atoms with E-state index in [9.17, 15) is 48.3 Å². The number of hydrogen-bond acceptors (Lipinski definition) is 16. The lowest BCUT2D eigenvalue weighted by molar-refractivity contribution is -0.151. The lowest BCUT2D eigenvalue weighted by atomic mass is 10.1. The number of rotatable bonds is 32. The molecular weight excluding hydrogens is 1040 g/mol. The fourth-order valence-corrected chi connectivity index (χ4v) is 7.39. The van der Waals surface area contributed by atoms with Crippen LogP contribution >= 0.6 is 0 Å². The zero-order chi connectivity index (χ0) is 57.5. The highest BCUT2D eigenvalue weighted by Gasteiger charge is 2.35. The molecule has 0 radical (unpaired) electrons. The first-order valence-corrected chi connectivity index (χ1v) is 25.5. The molecular formula is C58H66N6O16. The zero-order valence-corrected chi connectivity index (χ0v) is 44.2. The molecule has 7 N–H and O–H groups in total. The molecule has 0 aliphatic heterocycles. The van der Waals surface area contributed by atoms with Gasteiger partial charge in [0.15, 0.2) is 6.04 Å². The molecule has 22 nitrogen and oxygen atoms in total. The number of carbonyl (C=O) groups is 9. The van der Waals surface area contributed by atoms with Crippen LogP contribution in [0.1, 0.15) is 54.0 Å². The van der Waals surface area contributed by atoms with Crippen molar-refractivity contribution in [3.63, 3.8) is 0 Å². The average molecular weight is 1100 g/mol. The van der Waals surface area contributed by atoms with E-state index in [0.29, 0.717) is 22.3 Å². The third-order valence-corrected chi connectivity index (χ3v) is 11.8. The fraction of sp³-hybridized carbons (Fsp3) is 0.328. The molecule has 0 spiro atoms. The average Bonchev–Trinajstić information content (AvgIpc) is 3.48. The van der Waals surface area contributed by atoms with Crippen LogP contribution < -0.4 is 31.9 Å². The number of carbonyl (C=O) groups excluding carboxylic acids is 9. The summed E-state index contributed by atoms with van der Waals surface area (Å²) in [5.41, 5.74) is 3.42. The Kier molecular flexibility index (Phi) is 26.3. The number of nitrogens with one attached hydrogen (secondary N) is 6. The maximum atomic E-state index is 14.4. The van der Waals surface area contributed by atoms with Crippen molar-refractivity contribution in [3.05, 3.63) is 179 Å². The third kappa shape index (κ3) is 22.5. The van der Waals surface area contributed by atoms with Gasteiger partial charge in [-0.1, -0.05) is 152 Å². The van der Waals surface area contributed by atoms with Crippen LogP contribution in [0, 0.1) is 0 Å². The van der Waals surface area contributed by atoms with Gasteiger partial charge >= 0.3 is 24.0 Å². The van der Waals surface area contributed by atoms with Gasteiger partial charge in [-0.25, -0.2) is 9.59 Å². The van der Waals surface area contributed by atoms with Gasteiger partial charge in [0, 0.05) is 6.42 Å². The summed E-state index contributed by atoms with van der Waals surface area (Å²) in [5.74, 6) is -7.74. The topological polar surface area (TPSA) is 301 Å². The van der Waals surface area contributed by atoms with Crippen molar-refractivity contribution in [2.75, 3.05) is 26.9 Å². The summed E-state index contributed by atoms with van der Waals surface area (Å²) in [5, 5.41) is 24.5. The molecule has 6 atom stereocenters. The molecule has 22 heteroatoms. The largest absolute Gasteiger partial charge is 0.467 e. The second kappa shape index (κ2) is 34.0. The van der Waals surface area contributed by atoms with E-state index >= 15 is 0 Å². The maximum absolute atomic E-state index is 14.4. The van der Waals surface area contributed by atoms with Crippen LogP contribution in [0.15, 0.2) is 152 Å². The minimum Gasteiger partial charge on any atom is -0.467 e. The molecule has 0 bridgehead atoms. The molecule has 424 valence electrons. The van der Waals surface area contributed by atoms with Crippen LogP contribution in [0.5, 0.6) is 0 Å². The van der Waals surface area contributed by atoms with Crippen LogP contribution in [0.2, 0.25) is 0 Å². The Bertz CT molecular complexity index is 2760. The lowest BCUT2D eigenvalue weighted by Crippen LogP contribution is -2.59. The van der Waals surface area contributed by atoms with E-state index in [2.05, 4.69) is 31.9 Å². The first-order chi connectivity index (χ1) is 38.7. The Morgan fingerprint density at radius 3 is 1.44 bits per heavy atom. The Labute approximate surface area is 462 Å². The van der Waals surface area contributed by atoms with Crippen molar-refractivity contribution >= 4 is 53.5 Å². The van der Waals surface area contributed by atoms with E-state index in [4.69, 9.17) is 28.4 Å². The summed E-state index contributed by atoms with van der Waals surface area (Å²) in [6.07, 6.45) is -3.69. The van der Waals surface area contributed by atoms with Gasteiger partial charge in [-0.15, -0.1) is 0 Å². The first-order valence-electron chi connectivity index (χ1n) is 25.5. The molecule has 80 heavy (non-hydrogen) atoms. The summed E-state index contributed by atoms with van der Waals surface area (Å²) < 4.78 is 32.7. The zero-order valence-electron chi connectivity index (χ0n) is 44.2. The molecule has 0 saturated heterocycles. The number of methoxy groups -OCH3 is 1. The van der Waals surface area contributed by atoms with Crippen molar-refractivity contribution in [2.24, 2.45) is 0 Å². The molecule has 0 fully saturated rings. The van der Waals surface area contributed by atoms with Gasteiger partial charge in [0.1, 0.15) is 44.0 Å². The second-order valence-electron chi connectivity index (χ2n) is 17.9. The van der Waals surface area contributed by atoms with Gasteiger partial charge < -0.3 is 65.4 Å². The van der Waals surface area contributed by atoms with E-state index in [1.165, 1.54) is 6.92 Å². The number of ether oxygens (including phenoxy) is 6. The van der Waals surface area contributed by atoms with Crippen LogP contribution in [0.25, 0.3) is 0 Å². The quantitative estimate of drug-likeness (QED) is 0.0241. The minimum atomic E-state index is -1.80. The van der Waals surface area contributed by atoms with Crippen LogP contribution in [0.3, 0.4) is 0 Å². The highest BCUT2D eigenvalue weighted by molar-refractivity contribution is 5.97. The van der Waals surface area contributed by atoms with Gasteiger partial charge in [-0.05, 0) is 41.2 Å². The molecule has 5 rings (SSSR count). The number of alkyl carbamates (subject to hydrolysis) is 1. The molecule has 0 saturated carbocycles. The van der Waals surface area contributed by atoms with Crippen molar-refractivity contribution in [1.82, 2.24) is 31.9 Å². The smallest absolute Gasteiger partial charge is 0.408 e. The normalized spacial score (nSPS) is 13.0. The van der Waals surface area contributed by atoms with Gasteiger partial charge in [-0.3, -0.25) is 33.6 Å². The van der Waals surface area contributed by atoms with E-state index in [-0.39, 0.29) is 33.0 Å². The predicted octanol–water partition coefficient (Wildman–Crippen LogP) is 2.98. The van der Waals surface area contributed by atoms with Gasteiger partial charge in [0.2, 0.25) is 29.5 Å². The van der Waals surface area contributed by atoms with Gasteiger partial charge in [0.25, 0.3) is 0 Å². The van der Waals surface area contributed by atoms with Gasteiger partial charge in [0.05, 0.1) is 52.6 Å². The van der Waals surface area contributed by atoms with Crippen molar-refractivity contribution in [3.8, 4) is 0 Å². The third-order valence-electron chi connectivity index (χ3n) is 11.8. The Balaban J connectivity index is 1.32. The van der Waals surface area contributed by atoms with Gasteiger partial charge in [-0.2, -0.15) is 0 Å². The first kappa shape index (κ1) is 61.9. The highest BCUT2D eigenvalue weighted by atomic mass is 16.6. The highest BCUT2D eigenvalue weighted by Crippen LogP contribution is 2.12. The Morgan fingerprint density at radius 1 is 0.475 bits per heavy atom. The van der Waals surface area contributed by atoms with Crippen LogP contribution in [0.4, 0.5) is 4.79 Å². The van der Waals surface area contributed by atoms with Crippen molar-refractivity contribution in [2.45, 2.75) is 95.5 Å². The summed E-state index contributed by atoms with van der Waals surface area (Å²) in [6, 6.07) is 35.9. The Hall–Kier alpha value is -8.99.